The first-order chi connectivity index (χ1) is 7.07. The summed E-state index contributed by atoms with van der Waals surface area (Å²) in [6.07, 6.45) is 2.50. The Bertz CT molecular complexity index is 207. The summed E-state index contributed by atoms with van der Waals surface area (Å²) < 4.78 is 0. The summed E-state index contributed by atoms with van der Waals surface area (Å²) in [6.45, 7) is 2.73. The Hall–Kier alpha value is -1.10. The van der Waals surface area contributed by atoms with Crippen molar-refractivity contribution < 1.29 is 14.7 Å². The summed E-state index contributed by atoms with van der Waals surface area (Å²) in [5.74, 6) is -0.949. The van der Waals surface area contributed by atoms with Crippen LogP contribution < -0.4 is 11.1 Å². The summed E-state index contributed by atoms with van der Waals surface area (Å²) in [6, 6.07) is 0. The van der Waals surface area contributed by atoms with Crippen LogP contribution in [0.15, 0.2) is 0 Å². The van der Waals surface area contributed by atoms with Crippen LogP contribution in [0.5, 0.6) is 0 Å². The maximum atomic E-state index is 11.2. The number of hydrogen-bond donors (Lipinski definition) is 3. The van der Waals surface area contributed by atoms with Gasteiger partial charge in [-0.25, -0.2) is 0 Å². The van der Waals surface area contributed by atoms with E-state index in [-0.39, 0.29) is 18.2 Å². The second-order valence-corrected chi connectivity index (χ2v) is 3.63. The second-order valence-electron chi connectivity index (χ2n) is 3.63. The zero-order valence-electron chi connectivity index (χ0n) is 9.16. The van der Waals surface area contributed by atoms with Crippen molar-refractivity contribution >= 4 is 11.9 Å². The van der Waals surface area contributed by atoms with Crippen molar-refractivity contribution in [2.45, 2.75) is 32.6 Å². The fourth-order valence-electron chi connectivity index (χ4n) is 1.07. The lowest BCUT2D eigenvalue weighted by Crippen LogP contribution is -2.33. The highest BCUT2D eigenvalue weighted by atomic mass is 16.4. The van der Waals surface area contributed by atoms with Crippen LogP contribution >= 0.6 is 0 Å². The lowest BCUT2D eigenvalue weighted by atomic mass is 10.1. The number of unbranched alkanes of at least 4 members (excludes halogenated alkanes) is 2. The van der Waals surface area contributed by atoms with Crippen molar-refractivity contribution in [1.82, 2.24) is 5.32 Å². The summed E-state index contributed by atoms with van der Waals surface area (Å²) >= 11 is 0. The Kier molecular flexibility index (Phi) is 7.62. The average Bonchev–Trinajstić information content (AvgIpc) is 2.21. The van der Waals surface area contributed by atoms with Gasteiger partial charge in [0, 0.05) is 25.4 Å². The Morgan fingerprint density at radius 1 is 1.33 bits per heavy atom. The molecule has 0 aliphatic heterocycles. The van der Waals surface area contributed by atoms with Crippen molar-refractivity contribution in [1.29, 1.82) is 0 Å². The number of carboxylic acid groups (broad SMARTS) is 1. The summed E-state index contributed by atoms with van der Waals surface area (Å²) in [5, 5.41) is 11.1. The molecule has 88 valence electrons. The molecule has 0 saturated heterocycles. The number of hydrogen-bond acceptors (Lipinski definition) is 3. The normalized spacial score (nSPS) is 12.1. The minimum absolute atomic E-state index is 0.0317. The Balaban J connectivity index is 3.31. The molecule has 1 unspecified atom stereocenters. The molecule has 4 N–H and O–H groups in total. The number of nitrogens with one attached hydrogen (secondary N) is 1. The molecule has 0 spiro atoms. The topological polar surface area (TPSA) is 92.4 Å². The highest BCUT2D eigenvalue weighted by molar-refractivity contribution is 5.78. The van der Waals surface area contributed by atoms with Gasteiger partial charge >= 0.3 is 5.97 Å². The molecule has 5 heteroatoms. The molecule has 1 atom stereocenters. The van der Waals surface area contributed by atoms with Crippen LogP contribution in [0.3, 0.4) is 0 Å². The van der Waals surface area contributed by atoms with Gasteiger partial charge in [0.25, 0.3) is 0 Å². The minimum Gasteiger partial charge on any atom is -0.481 e. The smallest absolute Gasteiger partial charge is 0.303 e. The lowest BCUT2D eigenvalue weighted by Gasteiger charge is -2.09. The van der Waals surface area contributed by atoms with E-state index >= 15 is 0 Å². The van der Waals surface area contributed by atoms with Gasteiger partial charge in [-0.15, -0.1) is 0 Å². The molecule has 0 aromatic carbocycles. The molecular formula is C10H20N2O3. The van der Waals surface area contributed by atoms with E-state index in [0.29, 0.717) is 19.5 Å². The van der Waals surface area contributed by atoms with Crippen LogP contribution in [0.25, 0.3) is 0 Å². The standard InChI is InChI=1S/C10H20N2O3/c1-8(7-11)10(15)12-6-4-2-3-5-9(13)14/h8H,2-7,11H2,1H3,(H,12,15)(H,13,14). The van der Waals surface area contributed by atoms with Gasteiger partial charge in [0.15, 0.2) is 0 Å². The Morgan fingerprint density at radius 2 is 2.00 bits per heavy atom. The zero-order chi connectivity index (χ0) is 11.7. The molecular weight excluding hydrogens is 196 g/mol. The van der Waals surface area contributed by atoms with E-state index in [4.69, 9.17) is 10.8 Å². The fourth-order valence-corrected chi connectivity index (χ4v) is 1.07. The molecule has 0 aliphatic rings. The number of rotatable bonds is 8. The van der Waals surface area contributed by atoms with Crippen molar-refractivity contribution in [3.05, 3.63) is 0 Å². The molecule has 0 heterocycles. The van der Waals surface area contributed by atoms with Crippen LogP contribution in [0.2, 0.25) is 0 Å². The van der Waals surface area contributed by atoms with Gasteiger partial charge in [-0.3, -0.25) is 9.59 Å². The first kappa shape index (κ1) is 13.9. The van der Waals surface area contributed by atoms with E-state index in [2.05, 4.69) is 5.32 Å². The van der Waals surface area contributed by atoms with Gasteiger partial charge in [0.05, 0.1) is 0 Å². The summed E-state index contributed by atoms with van der Waals surface area (Å²) in [4.78, 5) is 21.4. The first-order valence-corrected chi connectivity index (χ1v) is 5.27. The molecule has 15 heavy (non-hydrogen) atoms. The Labute approximate surface area is 90.0 Å². The van der Waals surface area contributed by atoms with Crippen LogP contribution in [0, 0.1) is 5.92 Å². The van der Waals surface area contributed by atoms with Crippen LogP contribution in [0.1, 0.15) is 32.6 Å². The van der Waals surface area contributed by atoms with E-state index < -0.39 is 5.97 Å². The molecule has 5 nitrogen and oxygen atoms in total. The van der Waals surface area contributed by atoms with E-state index in [1.807, 2.05) is 0 Å². The molecule has 0 aromatic rings. The molecule has 0 aromatic heterocycles. The zero-order valence-corrected chi connectivity index (χ0v) is 9.16. The van der Waals surface area contributed by atoms with E-state index in [1.165, 1.54) is 0 Å². The van der Waals surface area contributed by atoms with E-state index in [1.54, 1.807) is 6.92 Å². The maximum Gasteiger partial charge on any atom is 0.303 e. The van der Waals surface area contributed by atoms with Gasteiger partial charge in [-0.2, -0.15) is 0 Å². The molecule has 1 amide bonds. The van der Waals surface area contributed by atoms with Crippen LogP contribution in [0.4, 0.5) is 0 Å². The average molecular weight is 216 g/mol. The number of carboxylic acids is 1. The third-order valence-electron chi connectivity index (χ3n) is 2.17. The van der Waals surface area contributed by atoms with Crippen molar-refractivity contribution in [2.24, 2.45) is 11.7 Å². The number of aliphatic carboxylic acids is 1. The maximum absolute atomic E-state index is 11.2. The number of carbonyl (C=O) groups excluding carboxylic acids is 1. The highest BCUT2D eigenvalue weighted by Crippen LogP contribution is 1.99. The SMILES string of the molecule is CC(CN)C(=O)NCCCCCC(=O)O. The van der Waals surface area contributed by atoms with Crippen molar-refractivity contribution in [3.63, 3.8) is 0 Å². The third kappa shape index (κ3) is 7.93. The van der Waals surface area contributed by atoms with E-state index in [0.717, 1.165) is 12.8 Å². The molecule has 0 aliphatic carbocycles. The summed E-state index contributed by atoms with van der Waals surface area (Å²) in [7, 11) is 0. The monoisotopic (exact) mass is 216 g/mol. The van der Waals surface area contributed by atoms with Crippen molar-refractivity contribution in [3.8, 4) is 0 Å². The largest absolute Gasteiger partial charge is 0.481 e. The molecule has 0 rings (SSSR count). The molecule has 0 saturated carbocycles. The van der Waals surface area contributed by atoms with Gasteiger partial charge in [0.2, 0.25) is 5.91 Å². The van der Waals surface area contributed by atoms with Crippen LogP contribution in [-0.2, 0) is 9.59 Å². The minimum atomic E-state index is -0.768. The summed E-state index contributed by atoms with van der Waals surface area (Å²) in [5.41, 5.74) is 5.33. The molecule has 0 bridgehead atoms. The van der Waals surface area contributed by atoms with Crippen LogP contribution in [-0.4, -0.2) is 30.1 Å². The van der Waals surface area contributed by atoms with Crippen molar-refractivity contribution in [2.75, 3.05) is 13.1 Å². The number of nitrogens with two attached hydrogens (primary N) is 1. The quantitative estimate of drug-likeness (QED) is 0.510. The van der Waals surface area contributed by atoms with Gasteiger partial charge in [-0.1, -0.05) is 13.3 Å². The predicted octanol–water partition coefficient (Wildman–Crippen LogP) is 0.342. The first-order valence-electron chi connectivity index (χ1n) is 5.27. The molecule has 0 radical (unpaired) electrons. The third-order valence-corrected chi connectivity index (χ3v) is 2.17. The highest BCUT2D eigenvalue weighted by Gasteiger charge is 2.08. The molecule has 0 fully saturated rings. The van der Waals surface area contributed by atoms with Gasteiger partial charge in [-0.05, 0) is 12.8 Å². The number of amides is 1. The van der Waals surface area contributed by atoms with E-state index in [9.17, 15) is 9.59 Å². The Morgan fingerprint density at radius 3 is 2.53 bits per heavy atom. The lowest BCUT2D eigenvalue weighted by molar-refractivity contribution is -0.137. The van der Waals surface area contributed by atoms with Gasteiger partial charge in [0.1, 0.15) is 0 Å². The van der Waals surface area contributed by atoms with Gasteiger partial charge < -0.3 is 16.2 Å². The fraction of sp³-hybridized carbons (Fsp3) is 0.800. The number of carbonyl (C=O) groups is 2. The second kappa shape index (κ2) is 8.23. The predicted molar refractivity (Wildman–Crippen MR) is 57.3 cm³/mol.